The first-order chi connectivity index (χ1) is 13.8. The molecule has 3 heterocycles. The lowest BCUT2D eigenvalue weighted by atomic mass is 10.0. The van der Waals surface area contributed by atoms with Crippen molar-refractivity contribution in [2.75, 3.05) is 0 Å². The number of hydrogen-bond acceptors (Lipinski definition) is 3. The Balaban J connectivity index is 1.48. The van der Waals surface area contributed by atoms with Crippen LogP contribution in [0.2, 0.25) is 0 Å². The highest BCUT2D eigenvalue weighted by Gasteiger charge is 2.46. The molecule has 0 spiro atoms. The first kappa shape index (κ1) is 16.7. The molecule has 1 amide bonds. The SMILES string of the molecule is O=C(NC1(c2ccccc2)CC1)c1nc(Cc2cccnc2)n2ccccc12. The van der Waals surface area contributed by atoms with Crippen LogP contribution in [0.15, 0.2) is 79.3 Å². The maximum Gasteiger partial charge on any atom is 0.272 e. The van der Waals surface area contributed by atoms with E-state index in [9.17, 15) is 4.79 Å². The molecule has 0 unspecified atom stereocenters. The zero-order chi connectivity index (χ0) is 19.0. The molecule has 5 rings (SSSR count). The van der Waals surface area contributed by atoms with Crippen LogP contribution in [0.4, 0.5) is 0 Å². The van der Waals surface area contributed by atoms with Crippen molar-refractivity contribution in [1.82, 2.24) is 19.7 Å². The second-order valence-corrected chi connectivity index (χ2v) is 7.27. The van der Waals surface area contributed by atoms with Crippen molar-refractivity contribution in [3.05, 3.63) is 102 Å². The predicted octanol–water partition coefficient (Wildman–Crippen LogP) is 3.74. The number of imidazole rings is 1. The van der Waals surface area contributed by atoms with Crippen LogP contribution in [-0.2, 0) is 12.0 Å². The van der Waals surface area contributed by atoms with Gasteiger partial charge >= 0.3 is 0 Å². The van der Waals surface area contributed by atoms with Crippen molar-refractivity contribution in [3.63, 3.8) is 0 Å². The minimum absolute atomic E-state index is 0.123. The number of fused-ring (bicyclic) bond motifs is 1. The molecule has 0 aliphatic heterocycles. The highest BCUT2D eigenvalue weighted by molar-refractivity contribution is 5.99. The highest BCUT2D eigenvalue weighted by Crippen LogP contribution is 2.45. The molecule has 1 aromatic carbocycles. The quantitative estimate of drug-likeness (QED) is 0.584. The lowest BCUT2D eigenvalue weighted by Gasteiger charge is -2.17. The summed E-state index contributed by atoms with van der Waals surface area (Å²) >= 11 is 0. The standard InChI is InChI=1S/C23H20N4O/c28-22(26-23(11-12-23)18-8-2-1-3-9-18)21-19-10-4-5-14-27(19)20(25-21)15-17-7-6-13-24-16-17/h1-10,13-14,16H,11-12,15H2,(H,26,28). The summed E-state index contributed by atoms with van der Waals surface area (Å²) in [5.74, 6) is 0.709. The van der Waals surface area contributed by atoms with E-state index in [2.05, 4.69) is 22.4 Å². The van der Waals surface area contributed by atoms with Crippen LogP contribution in [0, 0.1) is 0 Å². The Kier molecular flexibility index (Phi) is 3.93. The molecular weight excluding hydrogens is 348 g/mol. The summed E-state index contributed by atoms with van der Waals surface area (Å²) in [6, 6.07) is 19.9. The van der Waals surface area contributed by atoms with Gasteiger partial charge in [-0.3, -0.25) is 9.78 Å². The summed E-state index contributed by atoms with van der Waals surface area (Å²) in [7, 11) is 0. The van der Waals surface area contributed by atoms with Crippen LogP contribution >= 0.6 is 0 Å². The second kappa shape index (κ2) is 6.60. The van der Waals surface area contributed by atoms with Crippen molar-refractivity contribution in [2.45, 2.75) is 24.8 Å². The van der Waals surface area contributed by atoms with E-state index in [0.717, 1.165) is 35.3 Å². The predicted molar refractivity (Wildman–Crippen MR) is 107 cm³/mol. The van der Waals surface area contributed by atoms with E-state index in [1.165, 1.54) is 0 Å². The van der Waals surface area contributed by atoms with Crippen LogP contribution in [0.3, 0.4) is 0 Å². The summed E-state index contributed by atoms with van der Waals surface area (Å²) in [6.07, 6.45) is 8.07. The normalized spacial score (nSPS) is 14.7. The molecule has 0 atom stereocenters. The fraction of sp³-hybridized carbons (Fsp3) is 0.174. The smallest absolute Gasteiger partial charge is 0.272 e. The number of benzene rings is 1. The summed E-state index contributed by atoms with van der Waals surface area (Å²) in [4.78, 5) is 22.0. The Morgan fingerprint density at radius 3 is 2.61 bits per heavy atom. The Morgan fingerprint density at radius 1 is 1.04 bits per heavy atom. The second-order valence-electron chi connectivity index (χ2n) is 7.27. The third-order valence-electron chi connectivity index (χ3n) is 5.35. The van der Waals surface area contributed by atoms with Gasteiger partial charge in [0.1, 0.15) is 5.82 Å². The molecule has 1 fully saturated rings. The summed E-state index contributed by atoms with van der Waals surface area (Å²) in [5, 5.41) is 3.24. The molecular formula is C23H20N4O. The number of amides is 1. The molecule has 1 aliphatic rings. The van der Waals surface area contributed by atoms with Crippen LogP contribution in [-0.4, -0.2) is 20.3 Å². The van der Waals surface area contributed by atoms with E-state index in [-0.39, 0.29) is 11.4 Å². The monoisotopic (exact) mass is 368 g/mol. The Hall–Kier alpha value is -3.47. The maximum absolute atomic E-state index is 13.2. The van der Waals surface area contributed by atoms with Gasteiger partial charge in [-0.25, -0.2) is 4.98 Å². The summed E-state index contributed by atoms with van der Waals surface area (Å²) < 4.78 is 1.99. The molecule has 138 valence electrons. The van der Waals surface area contributed by atoms with Gasteiger partial charge in [-0.05, 0) is 42.2 Å². The van der Waals surface area contributed by atoms with Gasteiger partial charge in [-0.15, -0.1) is 0 Å². The Morgan fingerprint density at radius 2 is 1.86 bits per heavy atom. The number of carbonyl (C=O) groups excluding carboxylic acids is 1. The van der Waals surface area contributed by atoms with E-state index in [4.69, 9.17) is 4.98 Å². The highest BCUT2D eigenvalue weighted by atomic mass is 16.2. The molecule has 0 saturated heterocycles. The van der Waals surface area contributed by atoms with E-state index < -0.39 is 0 Å². The van der Waals surface area contributed by atoms with Crippen molar-refractivity contribution in [2.24, 2.45) is 0 Å². The van der Waals surface area contributed by atoms with Crippen molar-refractivity contribution >= 4 is 11.4 Å². The molecule has 4 aromatic rings. The minimum Gasteiger partial charge on any atom is -0.341 e. The van der Waals surface area contributed by atoms with Crippen LogP contribution in [0.1, 0.15) is 40.3 Å². The van der Waals surface area contributed by atoms with E-state index in [1.807, 2.05) is 65.3 Å². The van der Waals surface area contributed by atoms with Crippen molar-refractivity contribution < 1.29 is 4.79 Å². The average molecular weight is 368 g/mol. The van der Waals surface area contributed by atoms with E-state index in [1.54, 1.807) is 6.20 Å². The number of aromatic nitrogens is 3. The zero-order valence-corrected chi connectivity index (χ0v) is 15.4. The molecule has 28 heavy (non-hydrogen) atoms. The largest absolute Gasteiger partial charge is 0.341 e. The van der Waals surface area contributed by atoms with Gasteiger partial charge < -0.3 is 9.72 Å². The number of carbonyl (C=O) groups is 1. The van der Waals surface area contributed by atoms with Gasteiger partial charge in [0.15, 0.2) is 5.69 Å². The molecule has 3 aromatic heterocycles. The summed E-state index contributed by atoms with van der Waals surface area (Å²) in [5.41, 5.74) is 3.26. The number of pyridine rings is 2. The Bertz CT molecular complexity index is 1130. The third kappa shape index (κ3) is 2.95. The average Bonchev–Trinajstić information content (AvgIpc) is 3.44. The summed E-state index contributed by atoms with van der Waals surface area (Å²) in [6.45, 7) is 0. The number of nitrogens with one attached hydrogen (secondary N) is 1. The molecule has 0 bridgehead atoms. The first-order valence-electron chi connectivity index (χ1n) is 9.48. The van der Waals surface area contributed by atoms with Gasteiger partial charge in [0.2, 0.25) is 0 Å². The molecule has 1 aliphatic carbocycles. The van der Waals surface area contributed by atoms with Gasteiger partial charge in [-0.1, -0.05) is 42.5 Å². The Labute approximate surface area is 163 Å². The fourth-order valence-electron chi connectivity index (χ4n) is 3.72. The van der Waals surface area contributed by atoms with Gasteiger partial charge in [0, 0.05) is 25.0 Å². The van der Waals surface area contributed by atoms with Gasteiger partial charge in [-0.2, -0.15) is 0 Å². The molecule has 1 saturated carbocycles. The number of rotatable bonds is 5. The van der Waals surface area contributed by atoms with Gasteiger partial charge in [0.25, 0.3) is 5.91 Å². The first-order valence-corrected chi connectivity index (χ1v) is 9.48. The lowest BCUT2D eigenvalue weighted by Crippen LogP contribution is -2.35. The van der Waals surface area contributed by atoms with Crippen LogP contribution < -0.4 is 5.32 Å². The van der Waals surface area contributed by atoms with E-state index in [0.29, 0.717) is 12.1 Å². The zero-order valence-electron chi connectivity index (χ0n) is 15.4. The molecule has 5 heteroatoms. The van der Waals surface area contributed by atoms with Crippen LogP contribution in [0.25, 0.3) is 5.52 Å². The number of nitrogens with zero attached hydrogens (tertiary/aromatic N) is 3. The van der Waals surface area contributed by atoms with Crippen LogP contribution in [0.5, 0.6) is 0 Å². The topological polar surface area (TPSA) is 59.3 Å². The number of hydrogen-bond donors (Lipinski definition) is 1. The third-order valence-corrected chi connectivity index (χ3v) is 5.35. The minimum atomic E-state index is -0.257. The molecule has 1 N–H and O–H groups in total. The molecule has 0 radical (unpaired) electrons. The lowest BCUT2D eigenvalue weighted by molar-refractivity contribution is 0.0928. The van der Waals surface area contributed by atoms with E-state index >= 15 is 0 Å². The molecule has 5 nitrogen and oxygen atoms in total. The van der Waals surface area contributed by atoms with Crippen molar-refractivity contribution in [3.8, 4) is 0 Å². The van der Waals surface area contributed by atoms with Gasteiger partial charge in [0.05, 0.1) is 11.1 Å². The maximum atomic E-state index is 13.2. The van der Waals surface area contributed by atoms with Crippen molar-refractivity contribution in [1.29, 1.82) is 0 Å². The fourth-order valence-corrected chi connectivity index (χ4v) is 3.72.